The molecular weight excluding hydrogens is 264 g/mol. The fourth-order valence-electron chi connectivity index (χ4n) is 1.37. The number of hydrogen-bond acceptors (Lipinski definition) is 5. The fraction of sp³-hybridized carbons (Fsp3) is 0.538. The molecule has 6 heteroatoms. The third-order valence-corrected chi connectivity index (χ3v) is 3.80. The number of thiophene rings is 1. The van der Waals surface area contributed by atoms with Gasteiger partial charge in [0.05, 0.1) is 17.7 Å². The highest BCUT2D eigenvalue weighted by atomic mass is 32.1. The number of hydrogen-bond donors (Lipinski definition) is 2. The molecule has 0 aliphatic carbocycles. The van der Waals surface area contributed by atoms with Crippen molar-refractivity contribution in [1.82, 2.24) is 0 Å². The van der Waals surface area contributed by atoms with E-state index in [2.05, 4.69) is 5.32 Å². The number of aryl methyl sites for hydroxylation is 1. The molecule has 1 amide bonds. The molecule has 0 aliphatic rings. The number of carbonyl (C=O) groups excluding carboxylic acids is 2. The lowest BCUT2D eigenvalue weighted by molar-refractivity contribution is -0.120. The van der Waals surface area contributed by atoms with Gasteiger partial charge in [-0.05, 0) is 33.3 Å². The summed E-state index contributed by atoms with van der Waals surface area (Å²) in [5, 5.41) is 3.21. The molecule has 0 saturated carbocycles. The summed E-state index contributed by atoms with van der Waals surface area (Å²) in [5.41, 5.74) is 5.30. The molecule has 0 aromatic carbocycles. The van der Waals surface area contributed by atoms with Gasteiger partial charge in [0, 0.05) is 4.88 Å². The van der Waals surface area contributed by atoms with Crippen molar-refractivity contribution in [2.45, 2.75) is 39.7 Å². The van der Waals surface area contributed by atoms with Crippen LogP contribution in [0.2, 0.25) is 0 Å². The largest absolute Gasteiger partial charge is 0.462 e. The van der Waals surface area contributed by atoms with Gasteiger partial charge in [0.15, 0.2) is 0 Å². The number of nitrogens with one attached hydrogen (secondary N) is 1. The highest BCUT2D eigenvalue weighted by Gasteiger charge is 2.28. The summed E-state index contributed by atoms with van der Waals surface area (Å²) in [7, 11) is 0. The first-order valence-corrected chi connectivity index (χ1v) is 7.01. The molecule has 3 N–H and O–H groups in total. The van der Waals surface area contributed by atoms with Crippen molar-refractivity contribution in [2.75, 3.05) is 11.9 Å². The van der Waals surface area contributed by atoms with Crippen LogP contribution in [0, 0.1) is 6.92 Å². The summed E-state index contributed by atoms with van der Waals surface area (Å²) in [4.78, 5) is 24.7. The highest BCUT2D eigenvalue weighted by Crippen LogP contribution is 2.29. The van der Waals surface area contributed by atoms with E-state index in [-0.39, 0.29) is 5.91 Å². The van der Waals surface area contributed by atoms with E-state index in [1.807, 2.05) is 13.8 Å². The fourth-order valence-corrected chi connectivity index (χ4v) is 2.27. The Hall–Kier alpha value is -1.40. The van der Waals surface area contributed by atoms with Crippen LogP contribution < -0.4 is 11.1 Å². The number of amides is 1. The van der Waals surface area contributed by atoms with Crippen LogP contribution in [0.25, 0.3) is 0 Å². The van der Waals surface area contributed by atoms with Gasteiger partial charge >= 0.3 is 5.97 Å². The van der Waals surface area contributed by atoms with Gasteiger partial charge < -0.3 is 15.8 Å². The van der Waals surface area contributed by atoms with E-state index in [0.717, 1.165) is 4.88 Å². The van der Waals surface area contributed by atoms with Crippen molar-refractivity contribution in [1.29, 1.82) is 0 Å². The van der Waals surface area contributed by atoms with Crippen molar-refractivity contribution in [3.05, 3.63) is 16.5 Å². The zero-order chi connectivity index (χ0) is 14.6. The topological polar surface area (TPSA) is 81.4 Å². The minimum absolute atomic E-state index is 0.296. The summed E-state index contributed by atoms with van der Waals surface area (Å²) in [5.74, 6) is -0.736. The minimum Gasteiger partial charge on any atom is -0.462 e. The number of anilines is 1. The van der Waals surface area contributed by atoms with Crippen LogP contribution in [-0.4, -0.2) is 24.0 Å². The average Bonchev–Trinajstić information content (AvgIpc) is 2.70. The molecular formula is C13H20N2O3S. The second-order valence-corrected chi connectivity index (χ2v) is 5.80. The minimum atomic E-state index is -0.955. The van der Waals surface area contributed by atoms with Gasteiger partial charge in [0.1, 0.15) is 5.00 Å². The summed E-state index contributed by atoms with van der Waals surface area (Å²) in [6.45, 7) is 7.40. The third kappa shape index (κ3) is 3.78. The lowest BCUT2D eigenvalue weighted by Crippen LogP contribution is -2.47. The molecule has 0 spiro atoms. The van der Waals surface area contributed by atoms with Crippen molar-refractivity contribution in [2.24, 2.45) is 5.73 Å². The van der Waals surface area contributed by atoms with Gasteiger partial charge in [-0.2, -0.15) is 0 Å². The summed E-state index contributed by atoms with van der Waals surface area (Å²) >= 11 is 1.34. The van der Waals surface area contributed by atoms with E-state index >= 15 is 0 Å². The molecule has 5 nitrogen and oxygen atoms in total. The molecule has 1 heterocycles. The lowest BCUT2D eigenvalue weighted by atomic mass is 10.00. The van der Waals surface area contributed by atoms with Gasteiger partial charge in [-0.3, -0.25) is 4.79 Å². The Balaban J connectivity index is 2.96. The first-order chi connectivity index (χ1) is 8.81. The Morgan fingerprint density at radius 3 is 2.63 bits per heavy atom. The molecule has 0 saturated heterocycles. The molecule has 1 aromatic rings. The number of rotatable bonds is 5. The SMILES string of the molecule is CCOC(=O)c1cc(C)sc1NC(=O)C(C)(N)CC. The van der Waals surface area contributed by atoms with Gasteiger partial charge in [0.2, 0.25) is 5.91 Å². The Morgan fingerprint density at radius 2 is 2.11 bits per heavy atom. The van der Waals surface area contributed by atoms with Crippen molar-refractivity contribution >= 4 is 28.2 Å². The van der Waals surface area contributed by atoms with Crippen molar-refractivity contribution in [3.8, 4) is 0 Å². The monoisotopic (exact) mass is 284 g/mol. The molecule has 1 unspecified atom stereocenters. The quantitative estimate of drug-likeness (QED) is 0.813. The maximum atomic E-state index is 12.0. The molecule has 1 rings (SSSR count). The first-order valence-electron chi connectivity index (χ1n) is 6.19. The predicted molar refractivity (Wildman–Crippen MR) is 76.5 cm³/mol. The second-order valence-electron chi connectivity index (χ2n) is 4.55. The van der Waals surface area contributed by atoms with Crippen molar-refractivity contribution in [3.63, 3.8) is 0 Å². The number of esters is 1. The maximum Gasteiger partial charge on any atom is 0.341 e. The summed E-state index contributed by atoms with van der Waals surface area (Å²) in [6, 6.07) is 1.71. The van der Waals surface area contributed by atoms with E-state index in [4.69, 9.17) is 10.5 Å². The van der Waals surface area contributed by atoms with E-state index in [1.165, 1.54) is 11.3 Å². The van der Waals surface area contributed by atoms with E-state index in [1.54, 1.807) is 19.9 Å². The van der Waals surface area contributed by atoms with E-state index in [9.17, 15) is 9.59 Å². The Labute approximate surface area is 117 Å². The number of carbonyl (C=O) groups is 2. The predicted octanol–water partition coefficient (Wildman–Crippen LogP) is 2.30. The van der Waals surface area contributed by atoms with E-state index in [0.29, 0.717) is 23.6 Å². The molecule has 106 valence electrons. The average molecular weight is 284 g/mol. The molecule has 19 heavy (non-hydrogen) atoms. The number of nitrogens with two attached hydrogens (primary N) is 1. The highest BCUT2D eigenvalue weighted by molar-refractivity contribution is 7.16. The first kappa shape index (κ1) is 15.7. The van der Waals surface area contributed by atoms with Crippen LogP contribution in [0.3, 0.4) is 0 Å². The van der Waals surface area contributed by atoms with E-state index < -0.39 is 11.5 Å². The lowest BCUT2D eigenvalue weighted by Gasteiger charge is -2.21. The Bertz CT molecular complexity index is 480. The molecule has 1 atom stereocenters. The van der Waals surface area contributed by atoms with Crippen LogP contribution in [0.15, 0.2) is 6.07 Å². The zero-order valence-corrected chi connectivity index (χ0v) is 12.5. The van der Waals surface area contributed by atoms with Crippen LogP contribution in [0.5, 0.6) is 0 Å². The van der Waals surface area contributed by atoms with Gasteiger partial charge in [0.25, 0.3) is 0 Å². The third-order valence-electron chi connectivity index (χ3n) is 2.83. The number of ether oxygens (including phenoxy) is 1. The molecule has 1 aromatic heterocycles. The van der Waals surface area contributed by atoms with Gasteiger partial charge in [-0.1, -0.05) is 6.92 Å². The maximum absolute atomic E-state index is 12.0. The normalized spacial score (nSPS) is 13.7. The van der Waals surface area contributed by atoms with Gasteiger partial charge in [-0.25, -0.2) is 4.79 Å². The molecule has 0 fully saturated rings. The second kappa shape index (κ2) is 6.16. The smallest absolute Gasteiger partial charge is 0.341 e. The van der Waals surface area contributed by atoms with Crippen LogP contribution in [0.1, 0.15) is 42.4 Å². The standard InChI is InChI=1S/C13H20N2O3S/c1-5-13(4,14)12(17)15-10-9(7-8(3)19-10)11(16)18-6-2/h7H,5-6,14H2,1-4H3,(H,15,17). The van der Waals surface area contributed by atoms with Crippen molar-refractivity contribution < 1.29 is 14.3 Å². The van der Waals surface area contributed by atoms with Crippen LogP contribution in [0.4, 0.5) is 5.00 Å². The molecule has 0 radical (unpaired) electrons. The van der Waals surface area contributed by atoms with Gasteiger partial charge in [-0.15, -0.1) is 11.3 Å². The molecule has 0 aliphatic heterocycles. The van der Waals surface area contributed by atoms with Crippen LogP contribution >= 0.6 is 11.3 Å². The summed E-state index contributed by atoms with van der Waals surface area (Å²) < 4.78 is 4.96. The zero-order valence-electron chi connectivity index (χ0n) is 11.7. The molecule has 0 bridgehead atoms. The van der Waals surface area contributed by atoms with Crippen LogP contribution in [-0.2, 0) is 9.53 Å². The Morgan fingerprint density at radius 1 is 1.47 bits per heavy atom. The summed E-state index contributed by atoms with van der Waals surface area (Å²) in [6.07, 6.45) is 0.512. The Kier molecular flexibility index (Phi) is 5.08.